The molecule has 0 aliphatic rings. The maximum absolute atomic E-state index is 13.0. The fraction of sp³-hybridized carbons (Fsp3) is 0.429. The minimum atomic E-state index is -0.839. The van der Waals surface area contributed by atoms with Crippen molar-refractivity contribution in [2.75, 3.05) is 30.3 Å². The minimum Gasteiger partial charge on any atom is -0.481 e. The van der Waals surface area contributed by atoms with E-state index in [-0.39, 0.29) is 23.8 Å². The molecule has 10 heteroatoms. The second-order valence-electron chi connectivity index (χ2n) is 7.14. The summed E-state index contributed by atoms with van der Waals surface area (Å²) in [5.41, 5.74) is 6.51. The highest BCUT2D eigenvalue weighted by molar-refractivity contribution is 5.98. The van der Waals surface area contributed by atoms with Crippen LogP contribution in [0, 0.1) is 11.7 Å². The third-order valence-corrected chi connectivity index (χ3v) is 4.59. The first-order valence-corrected chi connectivity index (χ1v) is 10.2. The largest absolute Gasteiger partial charge is 0.481 e. The first-order chi connectivity index (χ1) is 14.9. The Morgan fingerprint density at radius 1 is 1.16 bits per heavy atom. The predicted molar refractivity (Wildman–Crippen MR) is 116 cm³/mol. The van der Waals surface area contributed by atoms with Crippen LogP contribution < -0.4 is 21.7 Å². The SMILES string of the molecule is C[C@@H](CCCNc1nc(NCCCN)ncc1C(=O)NCc1ccc(F)cc1)C(=O)O. The topological polar surface area (TPSA) is 142 Å². The van der Waals surface area contributed by atoms with Crippen molar-refractivity contribution in [2.24, 2.45) is 11.7 Å². The van der Waals surface area contributed by atoms with E-state index in [1.54, 1.807) is 19.1 Å². The number of carbonyl (C=O) groups excluding carboxylic acids is 1. The molecule has 1 amide bonds. The Hall–Kier alpha value is -3.27. The molecule has 0 aliphatic heterocycles. The van der Waals surface area contributed by atoms with Crippen molar-refractivity contribution in [1.29, 1.82) is 0 Å². The number of hydrogen-bond donors (Lipinski definition) is 5. The second-order valence-corrected chi connectivity index (χ2v) is 7.14. The predicted octanol–water partition coefficient (Wildman–Crippen LogP) is 2.22. The van der Waals surface area contributed by atoms with Crippen LogP contribution in [0.5, 0.6) is 0 Å². The van der Waals surface area contributed by atoms with Crippen LogP contribution in [0.25, 0.3) is 0 Å². The van der Waals surface area contributed by atoms with Gasteiger partial charge < -0.3 is 26.8 Å². The lowest BCUT2D eigenvalue weighted by atomic mass is 10.1. The number of nitrogens with zero attached hydrogens (tertiary/aromatic N) is 2. The van der Waals surface area contributed by atoms with Gasteiger partial charge in [-0.2, -0.15) is 4.98 Å². The van der Waals surface area contributed by atoms with Gasteiger partial charge in [0.15, 0.2) is 0 Å². The highest BCUT2D eigenvalue weighted by Crippen LogP contribution is 2.15. The molecule has 0 bridgehead atoms. The van der Waals surface area contributed by atoms with E-state index in [1.807, 2.05) is 0 Å². The quantitative estimate of drug-likeness (QED) is 0.303. The van der Waals surface area contributed by atoms with Crippen LogP contribution in [-0.2, 0) is 11.3 Å². The van der Waals surface area contributed by atoms with E-state index in [0.29, 0.717) is 44.2 Å². The van der Waals surface area contributed by atoms with Crippen molar-refractivity contribution in [3.8, 4) is 0 Å². The van der Waals surface area contributed by atoms with Gasteiger partial charge >= 0.3 is 5.97 Å². The van der Waals surface area contributed by atoms with E-state index >= 15 is 0 Å². The average molecular weight is 433 g/mol. The van der Waals surface area contributed by atoms with E-state index in [9.17, 15) is 14.0 Å². The zero-order valence-corrected chi connectivity index (χ0v) is 17.5. The molecule has 0 spiro atoms. The van der Waals surface area contributed by atoms with Crippen LogP contribution >= 0.6 is 0 Å². The zero-order valence-electron chi connectivity index (χ0n) is 17.5. The Kier molecular flexibility index (Phi) is 9.63. The molecule has 0 unspecified atom stereocenters. The monoisotopic (exact) mass is 432 g/mol. The van der Waals surface area contributed by atoms with Crippen molar-refractivity contribution < 1.29 is 19.1 Å². The summed E-state index contributed by atoms with van der Waals surface area (Å²) in [6, 6.07) is 5.85. The van der Waals surface area contributed by atoms with Gasteiger partial charge in [0, 0.05) is 25.8 Å². The van der Waals surface area contributed by atoms with Crippen LogP contribution in [0.1, 0.15) is 42.1 Å². The van der Waals surface area contributed by atoms with Gasteiger partial charge in [0.25, 0.3) is 5.91 Å². The van der Waals surface area contributed by atoms with Crippen molar-refractivity contribution >= 4 is 23.6 Å². The fourth-order valence-corrected chi connectivity index (χ4v) is 2.69. The smallest absolute Gasteiger partial charge is 0.306 e. The summed E-state index contributed by atoms with van der Waals surface area (Å²) < 4.78 is 13.0. The first kappa shape index (κ1) is 24.0. The number of nitrogens with two attached hydrogens (primary N) is 1. The number of aromatic nitrogens is 2. The number of nitrogens with one attached hydrogen (secondary N) is 3. The summed E-state index contributed by atoms with van der Waals surface area (Å²) in [7, 11) is 0. The second kappa shape index (κ2) is 12.4. The molecule has 0 saturated heterocycles. The van der Waals surface area contributed by atoms with E-state index in [2.05, 4.69) is 25.9 Å². The van der Waals surface area contributed by atoms with Crippen LogP contribution in [0.3, 0.4) is 0 Å². The number of rotatable bonds is 13. The number of halogens is 1. The van der Waals surface area contributed by atoms with E-state index < -0.39 is 11.9 Å². The highest BCUT2D eigenvalue weighted by atomic mass is 19.1. The Labute approximate surface area is 180 Å². The number of anilines is 2. The number of carboxylic acids is 1. The van der Waals surface area contributed by atoms with Crippen molar-refractivity contribution in [2.45, 2.75) is 32.7 Å². The van der Waals surface area contributed by atoms with Crippen molar-refractivity contribution in [3.05, 3.63) is 47.4 Å². The molecule has 6 N–H and O–H groups in total. The molecular weight excluding hydrogens is 403 g/mol. The minimum absolute atomic E-state index is 0.227. The molecule has 0 radical (unpaired) electrons. The molecule has 0 aliphatic carbocycles. The number of aliphatic carboxylic acids is 1. The average Bonchev–Trinajstić information content (AvgIpc) is 2.76. The lowest BCUT2D eigenvalue weighted by Crippen LogP contribution is -2.25. The van der Waals surface area contributed by atoms with E-state index in [1.165, 1.54) is 18.3 Å². The summed E-state index contributed by atoms with van der Waals surface area (Å²) in [6.07, 6.45) is 3.28. The van der Waals surface area contributed by atoms with Gasteiger partial charge in [-0.15, -0.1) is 0 Å². The molecule has 9 nitrogen and oxygen atoms in total. The Morgan fingerprint density at radius 2 is 1.87 bits per heavy atom. The number of amides is 1. The number of carbonyl (C=O) groups is 2. The molecule has 31 heavy (non-hydrogen) atoms. The zero-order chi connectivity index (χ0) is 22.6. The highest BCUT2D eigenvalue weighted by Gasteiger charge is 2.15. The lowest BCUT2D eigenvalue weighted by Gasteiger charge is -2.14. The van der Waals surface area contributed by atoms with Gasteiger partial charge in [-0.3, -0.25) is 9.59 Å². The van der Waals surface area contributed by atoms with Gasteiger partial charge in [-0.1, -0.05) is 19.1 Å². The van der Waals surface area contributed by atoms with Gasteiger partial charge in [0.1, 0.15) is 17.2 Å². The van der Waals surface area contributed by atoms with Gasteiger partial charge in [-0.05, 0) is 43.5 Å². The third-order valence-electron chi connectivity index (χ3n) is 4.59. The standard InChI is InChI=1S/C21H29FN6O3/c1-14(20(30)31)4-2-10-24-18-17(13-27-21(28-18)25-11-3-9-23)19(29)26-12-15-5-7-16(22)8-6-15/h5-8,13-14H,2-4,9-12,23H2,1H3,(H,26,29)(H,30,31)(H2,24,25,27,28)/t14-/m0/s1. The Morgan fingerprint density at radius 3 is 2.55 bits per heavy atom. The Bertz CT molecular complexity index is 863. The van der Waals surface area contributed by atoms with Crippen LogP contribution in [0.2, 0.25) is 0 Å². The molecular formula is C21H29FN6O3. The van der Waals surface area contributed by atoms with E-state index in [0.717, 1.165) is 12.0 Å². The first-order valence-electron chi connectivity index (χ1n) is 10.2. The number of hydrogen-bond acceptors (Lipinski definition) is 7. The van der Waals surface area contributed by atoms with Crippen molar-refractivity contribution in [3.63, 3.8) is 0 Å². The fourth-order valence-electron chi connectivity index (χ4n) is 2.69. The Balaban J connectivity index is 2.04. The third kappa shape index (κ3) is 8.17. The van der Waals surface area contributed by atoms with Crippen LogP contribution in [0.4, 0.5) is 16.2 Å². The molecule has 1 heterocycles. The molecule has 1 aromatic heterocycles. The molecule has 1 aromatic carbocycles. The number of carboxylic acid groups (broad SMARTS) is 1. The van der Waals surface area contributed by atoms with Crippen LogP contribution in [-0.4, -0.2) is 46.6 Å². The summed E-state index contributed by atoms with van der Waals surface area (Å²) in [5, 5.41) is 17.9. The summed E-state index contributed by atoms with van der Waals surface area (Å²) >= 11 is 0. The van der Waals surface area contributed by atoms with Crippen LogP contribution in [0.15, 0.2) is 30.5 Å². The molecule has 0 saturated carbocycles. The molecule has 1 atom stereocenters. The molecule has 2 rings (SSSR count). The summed E-state index contributed by atoms with van der Waals surface area (Å²) in [5.74, 6) is -1.28. The normalized spacial score (nSPS) is 11.6. The molecule has 0 fully saturated rings. The van der Waals surface area contributed by atoms with Gasteiger partial charge in [-0.25, -0.2) is 9.37 Å². The van der Waals surface area contributed by atoms with Gasteiger partial charge in [0.2, 0.25) is 5.95 Å². The van der Waals surface area contributed by atoms with Gasteiger partial charge in [0.05, 0.1) is 5.92 Å². The molecule has 2 aromatic rings. The lowest BCUT2D eigenvalue weighted by molar-refractivity contribution is -0.141. The summed E-state index contributed by atoms with van der Waals surface area (Å²) in [6.45, 7) is 3.47. The molecule has 168 valence electrons. The maximum atomic E-state index is 13.0. The maximum Gasteiger partial charge on any atom is 0.306 e. The number of benzene rings is 1. The van der Waals surface area contributed by atoms with E-state index in [4.69, 9.17) is 10.8 Å². The summed E-state index contributed by atoms with van der Waals surface area (Å²) in [4.78, 5) is 32.2. The van der Waals surface area contributed by atoms with Crippen molar-refractivity contribution in [1.82, 2.24) is 15.3 Å².